The zero-order valence-corrected chi connectivity index (χ0v) is 19.1. The zero-order chi connectivity index (χ0) is 22.4. The summed E-state index contributed by atoms with van der Waals surface area (Å²) < 4.78 is 0. The molecule has 0 aromatic heterocycles. The Morgan fingerprint density at radius 2 is 1.52 bits per heavy atom. The first kappa shape index (κ1) is 22.8. The van der Waals surface area contributed by atoms with Crippen molar-refractivity contribution in [1.29, 1.82) is 0 Å². The van der Waals surface area contributed by atoms with Gasteiger partial charge in [-0.25, -0.2) is 0 Å². The second-order valence-electron chi connectivity index (χ2n) is 8.27. The van der Waals surface area contributed by atoms with Gasteiger partial charge in [0.15, 0.2) is 0 Å². The van der Waals surface area contributed by atoms with Gasteiger partial charge in [0.25, 0.3) is 0 Å². The van der Waals surface area contributed by atoms with Crippen LogP contribution in [0.4, 0.5) is 11.4 Å². The van der Waals surface area contributed by atoms with Gasteiger partial charge in [0.1, 0.15) is 0 Å². The molecule has 2 aromatic carbocycles. The van der Waals surface area contributed by atoms with Crippen molar-refractivity contribution in [3.63, 3.8) is 0 Å². The van der Waals surface area contributed by atoms with Crippen LogP contribution in [-0.2, 0) is 9.59 Å². The Morgan fingerprint density at radius 1 is 0.903 bits per heavy atom. The Balaban J connectivity index is 1.49. The van der Waals surface area contributed by atoms with Gasteiger partial charge in [0.05, 0.1) is 13.1 Å². The zero-order valence-electron chi connectivity index (χ0n) is 19.1. The molecular weight excluding hydrogens is 388 g/mol. The summed E-state index contributed by atoms with van der Waals surface area (Å²) in [6, 6.07) is 14.2. The van der Waals surface area contributed by atoms with Gasteiger partial charge >= 0.3 is 0 Å². The lowest BCUT2D eigenvalue weighted by molar-refractivity contribution is -0.131. The molecule has 2 aromatic rings. The van der Waals surface area contributed by atoms with Crippen molar-refractivity contribution in [1.82, 2.24) is 9.80 Å². The molecule has 0 bridgehead atoms. The van der Waals surface area contributed by atoms with E-state index in [1.54, 1.807) is 0 Å². The number of carbonyl (C=O) groups is 2. The van der Waals surface area contributed by atoms with Crippen LogP contribution in [0.5, 0.6) is 0 Å². The Kier molecular flexibility index (Phi) is 7.69. The normalized spacial score (nSPS) is 14.4. The Bertz CT molecular complexity index is 899. The maximum absolute atomic E-state index is 12.9. The summed E-state index contributed by atoms with van der Waals surface area (Å²) >= 11 is 0. The highest BCUT2D eigenvalue weighted by atomic mass is 16.2. The van der Waals surface area contributed by atoms with E-state index in [9.17, 15) is 9.59 Å². The number of para-hydroxylation sites is 2. The molecule has 1 aliphatic rings. The summed E-state index contributed by atoms with van der Waals surface area (Å²) in [5.41, 5.74) is 5.32. The van der Waals surface area contributed by atoms with Gasteiger partial charge in [-0.3, -0.25) is 14.5 Å². The predicted octanol–water partition coefficient (Wildman–Crippen LogP) is 3.22. The fourth-order valence-electron chi connectivity index (χ4n) is 4.10. The third-order valence-electron chi connectivity index (χ3n) is 6.00. The van der Waals surface area contributed by atoms with E-state index in [-0.39, 0.29) is 11.8 Å². The molecule has 1 fully saturated rings. The Morgan fingerprint density at radius 3 is 2.13 bits per heavy atom. The standard InChI is InChI=1S/C25H34N4O2/c1-5-28(22-12-7-6-9-19(22)2)18-24(31)29-15-13-27(14-16-29)17-23(30)26-25-20(3)10-8-11-21(25)4/h6-12H,5,13-18H2,1-4H3,(H,26,30). The summed E-state index contributed by atoms with van der Waals surface area (Å²) in [5.74, 6) is 0.138. The van der Waals surface area contributed by atoms with Crippen molar-refractivity contribution in [2.45, 2.75) is 27.7 Å². The quantitative estimate of drug-likeness (QED) is 0.744. The van der Waals surface area contributed by atoms with Gasteiger partial charge in [0.2, 0.25) is 11.8 Å². The largest absolute Gasteiger partial charge is 0.362 e. The fourth-order valence-corrected chi connectivity index (χ4v) is 4.10. The molecule has 1 heterocycles. The van der Waals surface area contributed by atoms with Crippen LogP contribution in [0.15, 0.2) is 42.5 Å². The number of nitrogens with one attached hydrogen (secondary N) is 1. The van der Waals surface area contributed by atoms with Gasteiger partial charge in [-0.15, -0.1) is 0 Å². The lowest BCUT2D eigenvalue weighted by Crippen LogP contribution is -2.52. The highest BCUT2D eigenvalue weighted by molar-refractivity contribution is 5.93. The van der Waals surface area contributed by atoms with Crippen LogP contribution in [0.2, 0.25) is 0 Å². The maximum Gasteiger partial charge on any atom is 0.242 e. The van der Waals surface area contributed by atoms with E-state index in [1.807, 2.05) is 49.1 Å². The molecule has 3 rings (SSSR count). The number of piperazine rings is 1. The van der Waals surface area contributed by atoms with E-state index in [0.717, 1.165) is 29.0 Å². The molecule has 2 amide bonds. The average Bonchev–Trinajstić information content (AvgIpc) is 2.75. The van der Waals surface area contributed by atoms with Gasteiger partial charge < -0.3 is 15.1 Å². The third kappa shape index (κ3) is 5.85. The van der Waals surface area contributed by atoms with Crippen LogP contribution in [0.25, 0.3) is 0 Å². The van der Waals surface area contributed by atoms with Gasteiger partial charge in [-0.05, 0) is 50.5 Å². The number of anilines is 2. The molecule has 1 N–H and O–H groups in total. The molecule has 0 radical (unpaired) electrons. The molecule has 166 valence electrons. The smallest absolute Gasteiger partial charge is 0.242 e. The highest BCUT2D eigenvalue weighted by Crippen LogP contribution is 2.20. The first-order valence-corrected chi connectivity index (χ1v) is 11.1. The minimum absolute atomic E-state index is 0.00566. The molecule has 0 spiro atoms. The van der Waals surface area contributed by atoms with Gasteiger partial charge in [0, 0.05) is 44.1 Å². The Hall–Kier alpha value is -2.86. The van der Waals surface area contributed by atoms with Crippen molar-refractivity contribution < 1.29 is 9.59 Å². The predicted molar refractivity (Wildman–Crippen MR) is 127 cm³/mol. The topological polar surface area (TPSA) is 55.9 Å². The van der Waals surface area contributed by atoms with E-state index < -0.39 is 0 Å². The summed E-state index contributed by atoms with van der Waals surface area (Å²) in [6.45, 7) is 12.4. The molecule has 0 unspecified atom stereocenters. The lowest BCUT2D eigenvalue weighted by Gasteiger charge is -2.36. The number of hydrogen-bond acceptors (Lipinski definition) is 4. The van der Waals surface area contributed by atoms with Crippen LogP contribution < -0.4 is 10.2 Å². The van der Waals surface area contributed by atoms with Crippen LogP contribution in [0, 0.1) is 20.8 Å². The number of benzene rings is 2. The van der Waals surface area contributed by atoms with Crippen molar-refractivity contribution in [3.8, 4) is 0 Å². The molecule has 0 saturated carbocycles. The number of aryl methyl sites for hydroxylation is 3. The van der Waals surface area contributed by atoms with E-state index in [4.69, 9.17) is 0 Å². The van der Waals surface area contributed by atoms with E-state index >= 15 is 0 Å². The summed E-state index contributed by atoms with van der Waals surface area (Å²) in [4.78, 5) is 31.6. The van der Waals surface area contributed by atoms with Crippen LogP contribution in [-0.4, -0.2) is 67.4 Å². The molecule has 0 aliphatic carbocycles. The van der Waals surface area contributed by atoms with E-state index in [0.29, 0.717) is 39.3 Å². The monoisotopic (exact) mass is 422 g/mol. The van der Waals surface area contributed by atoms with Crippen molar-refractivity contribution in [3.05, 3.63) is 59.2 Å². The average molecular weight is 423 g/mol. The summed E-state index contributed by atoms with van der Waals surface area (Å²) in [7, 11) is 0. The van der Waals surface area contributed by atoms with E-state index in [2.05, 4.69) is 41.1 Å². The molecule has 0 atom stereocenters. The van der Waals surface area contributed by atoms with E-state index in [1.165, 1.54) is 5.56 Å². The van der Waals surface area contributed by atoms with Crippen molar-refractivity contribution in [2.24, 2.45) is 0 Å². The molecule has 1 aliphatic heterocycles. The first-order chi connectivity index (χ1) is 14.9. The van der Waals surface area contributed by atoms with Crippen molar-refractivity contribution >= 4 is 23.2 Å². The maximum atomic E-state index is 12.9. The summed E-state index contributed by atoms with van der Waals surface area (Å²) in [5, 5.41) is 3.05. The van der Waals surface area contributed by atoms with Crippen molar-refractivity contribution in [2.75, 3.05) is 56.0 Å². The molecule has 31 heavy (non-hydrogen) atoms. The SMILES string of the molecule is CCN(CC(=O)N1CCN(CC(=O)Nc2c(C)cccc2C)CC1)c1ccccc1C. The van der Waals surface area contributed by atoms with Crippen LogP contribution in [0.3, 0.4) is 0 Å². The van der Waals surface area contributed by atoms with Crippen LogP contribution in [0.1, 0.15) is 23.6 Å². The third-order valence-corrected chi connectivity index (χ3v) is 6.00. The molecule has 1 saturated heterocycles. The fraction of sp³-hybridized carbons (Fsp3) is 0.440. The minimum atomic E-state index is -0.00566. The summed E-state index contributed by atoms with van der Waals surface area (Å²) in [6.07, 6.45) is 0. The van der Waals surface area contributed by atoms with Gasteiger partial charge in [-0.2, -0.15) is 0 Å². The second-order valence-corrected chi connectivity index (χ2v) is 8.27. The lowest BCUT2D eigenvalue weighted by atomic mass is 10.1. The number of hydrogen-bond donors (Lipinski definition) is 1. The number of carbonyl (C=O) groups excluding carboxylic acids is 2. The number of amides is 2. The van der Waals surface area contributed by atoms with Crippen LogP contribution >= 0.6 is 0 Å². The molecule has 6 nitrogen and oxygen atoms in total. The second kappa shape index (κ2) is 10.4. The number of likely N-dealkylation sites (N-methyl/N-ethyl adjacent to an activating group) is 1. The molecule has 6 heteroatoms. The number of rotatable bonds is 7. The Labute approximate surface area is 185 Å². The highest BCUT2D eigenvalue weighted by Gasteiger charge is 2.24. The molecular formula is C25H34N4O2. The minimum Gasteiger partial charge on any atom is -0.362 e. The first-order valence-electron chi connectivity index (χ1n) is 11.1. The van der Waals surface area contributed by atoms with Gasteiger partial charge in [-0.1, -0.05) is 36.4 Å². The number of nitrogens with zero attached hydrogens (tertiary/aromatic N) is 3.